The SMILES string of the molecule is NC(=O)C(CC1CCNCC1c1ccccc1)c1ccc([N+](=O)[O-])cc1. The summed E-state index contributed by atoms with van der Waals surface area (Å²) in [4.78, 5) is 22.5. The Labute approximate surface area is 152 Å². The molecule has 0 aliphatic carbocycles. The van der Waals surface area contributed by atoms with Crippen molar-refractivity contribution in [2.45, 2.75) is 24.7 Å². The number of nitrogens with two attached hydrogens (primary N) is 1. The van der Waals surface area contributed by atoms with E-state index in [0.29, 0.717) is 18.3 Å². The second-order valence-electron chi connectivity index (χ2n) is 6.81. The fourth-order valence-electron chi connectivity index (χ4n) is 3.83. The minimum Gasteiger partial charge on any atom is -0.369 e. The van der Waals surface area contributed by atoms with Gasteiger partial charge in [0.15, 0.2) is 0 Å². The van der Waals surface area contributed by atoms with Crippen LogP contribution in [0.5, 0.6) is 0 Å². The zero-order chi connectivity index (χ0) is 18.5. The van der Waals surface area contributed by atoms with Gasteiger partial charge in [-0.25, -0.2) is 0 Å². The molecule has 1 amide bonds. The Morgan fingerprint density at radius 2 is 1.88 bits per heavy atom. The van der Waals surface area contributed by atoms with Crippen molar-refractivity contribution in [2.75, 3.05) is 13.1 Å². The molecule has 0 radical (unpaired) electrons. The Morgan fingerprint density at radius 3 is 2.50 bits per heavy atom. The van der Waals surface area contributed by atoms with E-state index in [-0.39, 0.29) is 11.6 Å². The number of primary amides is 1. The molecule has 0 saturated carbocycles. The first-order valence-electron chi connectivity index (χ1n) is 8.85. The number of hydrogen-bond donors (Lipinski definition) is 2. The Morgan fingerprint density at radius 1 is 1.19 bits per heavy atom. The minimum absolute atomic E-state index is 0.0148. The molecule has 1 aliphatic heterocycles. The number of nitrogens with one attached hydrogen (secondary N) is 1. The summed E-state index contributed by atoms with van der Waals surface area (Å²) in [6.45, 7) is 1.79. The van der Waals surface area contributed by atoms with E-state index in [1.165, 1.54) is 17.7 Å². The topological polar surface area (TPSA) is 98.3 Å². The van der Waals surface area contributed by atoms with Crippen molar-refractivity contribution in [1.82, 2.24) is 5.32 Å². The summed E-state index contributed by atoms with van der Waals surface area (Å²) in [6.07, 6.45) is 1.62. The average molecular weight is 353 g/mol. The van der Waals surface area contributed by atoms with Crippen molar-refractivity contribution in [1.29, 1.82) is 0 Å². The van der Waals surface area contributed by atoms with Crippen molar-refractivity contribution < 1.29 is 9.72 Å². The van der Waals surface area contributed by atoms with E-state index in [1.54, 1.807) is 12.1 Å². The van der Waals surface area contributed by atoms with Crippen LogP contribution in [-0.4, -0.2) is 23.9 Å². The monoisotopic (exact) mass is 353 g/mol. The largest absolute Gasteiger partial charge is 0.369 e. The summed E-state index contributed by atoms with van der Waals surface area (Å²) in [5.74, 6) is -0.175. The van der Waals surface area contributed by atoms with Crippen molar-refractivity contribution in [3.63, 3.8) is 0 Å². The normalized spacial score (nSPS) is 21.1. The van der Waals surface area contributed by atoms with Crippen molar-refractivity contribution in [2.24, 2.45) is 11.7 Å². The molecule has 2 aromatic rings. The van der Waals surface area contributed by atoms with Gasteiger partial charge in [0.25, 0.3) is 5.69 Å². The first-order chi connectivity index (χ1) is 12.6. The summed E-state index contributed by atoms with van der Waals surface area (Å²) in [6, 6.07) is 16.5. The third-order valence-corrected chi connectivity index (χ3v) is 5.24. The molecular formula is C20H23N3O3. The summed E-state index contributed by atoms with van der Waals surface area (Å²) in [7, 11) is 0. The lowest BCUT2D eigenvalue weighted by molar-refractivity contribution is -0.384. The number of piperidine rings is 1. The van der Waals surface area contributed by atoms with Crippen LogP contribution < -0.4 is 11.1 Å². The standard InChI is InChI=1S/C20H23N3O3/c21-20(24)18(15-6-8-17(9-7-15)23(25)26)12-16-10-11-22-13-19(16)14-4-2-1-3-5-14/h1-9,16,18-19,22H,10-13H2,(H2,21,24). The molecule has 0 spiro atoms. The molecule has 1 fully saturated rings. The molecule has 6 nitrogen and oxygen atoms in total. The van der Waals surface area contributed by atoms with Gasteiger partial charge >= 0.3 is 0 Å². The maximum atomic E-state index is 12.1. The number of nitrogens with zero attached hydrogens (tertiary/aromatic N) is 1. The zero-order valence-electron chi connectivity index (χ0n) is 14.5. The summed E-state index contributed by atoms with van der Waals surface area (Å²) in [5, 5.41) is 14.3. The predicted molar refractivity (Wildman–Crippen MR) is 99.8 cm³/mol. The van der Waals surface area contributed by atoms with E-state index in [9.17, 15) is 14.9 Å². The number of nitro benzene ring substituents is 1. The average Bonchev–Trinajstić information content (AvgIpc) is 2.67. The zero-order valence-corrected chi connectivity index (χ0v) is 14.5. The molecule has 3 rings (SSSR count). The van der Waals surface area contributed by atoms with Gasteiger partial charge in [-0.2, -0.15) is 0 Å². The summed E-state index contributed by atoms with van der Waals surface area (Å²) >= 11 is 0. The third-order valence-electron chi connectivity index (χ3n) is 5.24. The van der Waals surface area contributed by atoms with Crippen LogP contribution in [0.2, 0.25) is 0 Å². The number of hydrogen-bond acceptors (Lipinski definition) is 4. The van der Waals surface area contributed by atoms with Gasteiger partial charge in [0.05, 0.1) is 10.8 Å². The van der Waals surface area contributed by atoms with Gasteiger partial charge in [-0.15, -0.1) is 0 Å². The lowest BCUT2D eigenvalue weighted by Gasteiger charge is -2.34. The number of benzene rings is 2. The van der Waals surface area contributed by atoms with Gasteiger partial charge < -0.3 is 11.1 Å². The van der Waals surface area contributed by atoms with E-state index >= 15 is 0 Å². The smallest absolute Gasteiger partial charge is 0.269 e. The van der Waals surface area contributed by atoms with Crippen LogP contribution in [-0.2, 0) is 4.79 Å². The molecule has 3 atom stereocenters. The highest BCUT2D eigenvalue weighted by atomic mass is 16.6. The Bertz CT molecular complexity index is 762. The van der Waals surface area contributed by atoms with Crippen LogP contribution in [0.1, 0.15) is 35.8 Å². The van der Waals surface area contributed by atoms with Gasteiger partial charge in [-0.3, -0.25) is 14.9 Å². The van der Waals surface area contributed by atoms with Gasteiger partial charge in [0.2, 0.25) is 5.91 Å². The highest BCUT2D eigenvalue weighted by molar-refractivity contribution is 5.82. The highest BCUT2D eigenvalue weighted by Crippen LogP contribution is 2.37. The number of nitro groups is 1. The molecule has 136 valence electrons. The van der Waals surface area contributed by atoms with E-state index in [1.807, 2.05) is 18.2 Å². The Hall–Kier alpha value is -2.73. The van der Waals surface area contributed by atoms with Gasteiger partial charge in [0.1, 0.15) is 0 Å². The van der Waals surface area contributed by atoms with E-state index in [0.717, 1.165) is 25.1 Å². The van der Waals surface area contributed by atoms with Crippen LogP contribution in [0.4, 0.5) is 5.69 Å². The predicted octanol–water partition coefficient (Wildman–Crippen LogP) is 2.95. The fraction of sp³-hybridized carbons (Fsp3) is 0.350. The molecule has 0 bridgehead atoms. The number of rotatable bonds is 6. The van der Waals surface area contributed by atoms with Gasteiger partial charge in [-0.1, -0.05) is 42.5 Å². The molecule has 0 aromatic heterocycles. The molecule has 3 unspecified atom stereocenters. The molecule has 26 heavy (non-hydrogen) atoms. The van der Waals surface area contributed by atoms with Crippen LogP contribution in [0.15, 0.2) is 54.6 Å². The first kappa shape index (κ1) is 18.1. The maximum absolute atomic E-state index is 12.1. The lowest BCUT2D eigenvalue weighted by Crippen LogP contribution is -2.37. The summed E-state index contributed by atoms with van der Waals surface area (Å²) in [5.41, 5.74) is 7.70. The van der Waals surface area contributed by atoms with Gasteiger partial charge in [-0.05, 0) is 42.3 Å². The molecule has 6 heteroatoms. The number of non-ortho nitro benzene ring substituents is 1. The van der Waals surface area contributed by atoms with E-state index < -0.39 is 10.8 Å². The van der Waals surface area contributed by atoms with E-state index in [2.05, 4.69) is 17.4 Å². The quantitative estimate of drug-likeness (QED) is 0.616. The number of carbonyl (C=O) groups excluding carboxylic acids is 1. The van der Waals surface area contributed by atoms with Crippen molar-refractivity contribution in [3.8, 4) is 0 Å². The van der Waals surface area contributed by atoms with Crippen molar-refractivity contribution in [3.05, 3.63) is 75.8 Å². The third kappa shape index (κ3) is 4.08. The first-order valence-corrected chi connectivity index (χ1v) is 8.85. The van der Waals surface area contributed by atoms with Crippen LogP contribution in [0.3, 0.4) is 0 Å². The van der Waals surface area contributed by atoms with Crippen LogP contribution in [0, 0.1) is 16.0 Å². The number of carbonyl (C=O) groups is 1. The van der Waals surface area contributed by atoms with Crippen molar-refractivity contribution >= 4 is 11.6 Å². The molecular weight excluding hydrogens is 330 g/mol. The second-order valence-corrected chi connectivity index (χ2v) is 6.81. The number of amides is 1. The second kappa shape index (κ2) is 8.10. The molecule has 1 heterocycles. The molecule has 1 aliphatic rings. The van der Waals surface area contributed by atoms with Gasteiger partial charge in [0, 0.05) is 18.7 Å². The minimum atomic E-state index is -0.443. The highest BCUT2D eigenvalue weighted by Gasteiger charge is 2.31. The summed E-state index contributed by atoms with van der Waals surface area (Å²) < 4.78 is 0. The molecule has 1 saturated heterocycles. The lowest BCUT2D eigenvalue weighted by atomic mass is 9.75. The maximum Gasteiger partial charge on any atom is 0.269 e. The van der Waals surface area contributed by atoms with Crippen LogP contribution in [0.25, 0.3) is 0 Å². The molecule has 2 aromatic carbocycles. The Kier molecular flexibility index (Phi) is 5.63. The molecule has 3 N–H and O–H groups in total. The van der Waals surface area contributed by atoms with Crippen LogP contribution >= 0.6 is 0 Å². The fourth-order valence-corrected chi connectivity index (χ4v) is 3.83. The Balaban J connectivity index is 1.82. The van der Waals surface area contributed by atoms with E-state index in [4.69, 9.17) is 5.73 Å².